The van der Waals surface area contributed by atoms with Crippen molar-refractivity contribution in [3.05, 3.63) is 76.9 Å². The second-order valence-corrected chi connectivity index (χ2v) is 7.83. The van der Waals surface area contributed by atoms with Crippen LogP contribution in [-0.2, 0) is 0 Å². The Kier molecular flexibility index (Phi) is 9.98. The highest BCUT2D eigenvalue weighted by Crippen LogP contribution is 2.32. The van der Waals surface area contributed by atoms with Crippen molar-refractivity contribution in [2.75, 3.05) is 0 Å². The van der Waals surface area contributed by atoms with Crippen molar-refractivity contribution in [1.82, 2.24) is 0 Å². The Bertz CT molecular complexity index is 647. The Labute approximate surface area is 167 Å². The maximum absolute atomic E-state index is 2.32. The molecule has 0 aliphatic heterocycles. The van der Waals surface area contributed by atoms with Gasteiger partial charge in [0, 0.05) is 0 Å². The van der Waals surface area contributed by atoms with Crippen LogP contribution in [0.5, 0.6) is 0 Å². The predicted molar refractivity (Wildman–Crippen MR) is 121 cm³/mol. The van der Waals surface area contributed by atoms with Crippen molar-refractivity contribution in [3.8, 4) is 0 Å². The quantitative estimate of drug-likeness (QED) is 0.331. The maximum Gasteiger partial charge on any atom is -0.0119 e. The summed E-state index contributed by atoms with van der Waals surface area (Å²) in [5.41, 5.74) is 7.24. The molecule has 0 bridgehead atoms. The van der Waals surface area contributed by atoms with Gasteiger partial charge in [-0.05, 0) is 49.3 Å². The molecule has 2 aromatic carbocycles. The molecule has 0 radical (unpaired) electrons. The van der Waals surface area contributed by atoms with Crippen LogP contribution in [-0.4, -0.2) is 0 Å². The summed E-state index contributed by atoms with van der Waals surface area (Å²) in [7, 11) is 0. The highest BCUT2D eigenvalue weighted by molar-refractivity contribution is 5.82. The van der Waals surface area contributed by atoms with Gasteiger partial charge in [0.25, 0.3) is 0 Å². The lowest BCUT2D eigenvalue weighted by atomic mass is 9.87. The molecule has 0 amide bonds. The summed E-state index contributed by atoms with van der Waals surface area (Å²) in [5, 5.41) is 0. The summed E-state index contributed by atoms with van der Waals surface area (Å²) in [6.45, 7) is 6.76. The second-order valence-electron chi connectivity index (χ2n) is 7.83. The minimum absolute atomic E-state index is 1.24. The molecule has 0 heteroatoms. The number of unbranched alkanes of at least 4 members (excludes halogenated alkanes) is 6. The van der Waals surface area contributed by atoms with Crippen molar-refractivity contribution in [1.29, 1.82) is 0 Å². The number of rotatable bonds is 12. The van der Waals surface area contributed by atoms with E-state index in [-0.39, 0.29) is 0 Å². The molecule has 0 N–H and O–H groups in total. The molecular formula is C27H38. The van der Waals surface area contributed by atoms with Crippen LogP contribution in [0.25, 0.3) is 5.57 Å². The molecule has 0 spiro atoms. The van der Waals surface area contributed by atoms with Gasteiger partial charge in [0.05, 0.1) is 0 Å². The third kappa shape index (κ3) is 7.37. The second kappa shape index (κ2) is 12.5. The van der Waals surface area contributed by atoms with E-state index in [1.165, 1.54) is 86.5 Å². The van der Waals surface area contributed by atoms with E-state index in [9.17, 15) is 0 Å². The van der Waals surface area contributed by atoms with E-state index >= 15 is 0 Å². The fourth-order valence-corrected chi connectivity index (χ4v) is 3.81. The first-order chi connectivity index (χ1) is 13.3. The van der Waals surface area contributed by atoms with Crippen molar-refractivity contribution in [3.63, 3.8) is 0 Å². The van der Waals surface area contributed by atoms with Crippen LogP contribution >= 0.6 is 0 Å². The van der Waals surface area contributed by atoms with E-state index in [0.717, 1.165) is 0 Å². The van der Waals surface area contributed by atoms with Gasteiger partial charge in [-0.1, -0.05) is 118 Å². The first kappa shape index (κ1) is 21.5. The topological polar surface area (TPSA) is 0 Å². The number of allylic oxidation sites excluding steroid dienone is 1. The average molecular weight is 363 g/mol. The van der Waals surface area contributed by atoms with Gasteiger partial charge in [-0.25, -0.2) is 0 Å². The van der Waals surface area contributed by atoms with Crippen molar-refractivity contribution >= 4 is 5.57 Å². The SMILES string of the molecule is CCCCCCC(CCCCCC)=C(c1ccccc1)c1ccc(C)cc1. The normalized spacial score (nSPS) is 10.8. The molecule has 146 valence electrons. The number of aryl methyl sites for hydroxylation is 1. The van der Waals surface area contributed by atoms with Crippen LogP contribution in [0.15, 0.2) is 60.2 Å². The Hall–Kier alpha value is -1.82. The highest BCUT2D eigenvalue weighted by atomic mass is 14.2. The van der Waals surface area contributed by atoms with Crippen LogP contribution < -0.4 is 0 Å². The minimum Gasteiger partial charge on any atom is -0.0654 e. The monoisotopic (exact) mass is 362 g/mol. The predicted octanol–water partition coefficient (Wildman–Crippen LogP) is 8.74. The molecule has 0 fully saturated rings. The summed E-state index contributed by atoms with van der Waals surface area (Å²) in [6.07, 6.45) is 13.1. The molecule has 0 saturated carbocycles. The van der Waals surface area contributed by atoms with E-state index < -0.39 is 0 Å². The van der Waals surface area contributed by atoms with Gasteiger partial charge in [0.1, 0.15) is 0 Å². The number of benzene rings is 2. The number of hydrogen-bond acceptors (Lipinski definition) is 0. The zero-order valence-electron chi connectivity index (χ0n) is 17.8. The largest absolute Gasteiger partial charge is 0.0654 e. The molecule has 0 heterocycles. The summed E-state index contributed by atoms with van der Waals surface area (Å²) < 4.78 is 0. The molecule has 0 saturated heterocycles. The van der Waals surface area contributed by atoms with Crippen LogP contribution in [0.2, 0.25) is 0 Å². The summed E-state index contributed by atoms with van der Waals surface area (Å²) >= 11 is 0. The van der Waals surface area contributed by atoms with Crippen LogP contribution in [0.3, 0.4) is 0 Å². The molecule has 0 atom stereocenters. The van der Waals surface area contributed by atoms with Crippen molar-refractivity contribution < 1.29 is 0 Å². The summed E-state index contributed by atoms with van der Waals surface area (Å²) in [4.78, 5) is 0. The van der Waals surface area contributed by atoms with Gasteiger partial charge in [-0.3, -0.25) is 0 Å². The van der Waals surface area contributed by atoms with Crippen LogP contribution in [0, 0.1) is 6.92 Å². The van der Waals surface area contributed by atoms with Gasteiger partial charge in [-0.2, -0.15) is 0 Å². The lowest BCUT2D eigenvalue weighted by molar-refractivity contribution is 0.625. The molecule has 0 aliphatic rings. The fraction of sp³-hybridized carbons (Fsp3) is 0.481. The highest BCUT2D eigenvalue weighted by Gasteiger charge is 2.12. The third-order valence-electron chi connectivity index (χ3n) is 5.42. The van der Waals surface area contributed by atoms with E-state index in [1.54, 1.807) is 5.57 Å². The Morgan fingerprint density at radius 1 is 0.593 bits per heavy atom. The third-order valence-corrected chi connectivity index (χ3v) is 5.42. The first-order valence-corrected chi connectivity index (χ1v) is 11.1. The molecule has 0 nitrogen and oxygen atoms in total. The van der Waals surface area contributed by atoms with Gasteiger partial charge in [0.2, 0.25) is 0 Å². The molecule has 27 heavy (non-hydrogen) atoms. The van der Waals surface area contributed by atoms with E-state index in [4.69, 9.17) is 0 Å². The van der Waals surface area contributed by atoms with Gasteiger partial charge in [0.15, 0.2) is 0 Å². The van der Waals surface area contributed by atoms with Crippen LogP contribution in [0.1, 0.15) is 94.7 Å². The lowest BCUT2D eigenvalue weighted by Crippen LogP contribution is -1.97. The molecule has 0 unspecified atom stereocenters. The van der Waals surface area contributed by atoms with E-state index in [0.29, 0.717) is 0 Å². The standard InChI is InChI=1S/C27H38/c1-4-6-8-11-15-24(16-12-9-7-5-2)27(25-17-13-10-14-18-25)26-21-19-23(3)20-22-26/h10,13-14,17-22H,4-9,11-12,15-16H2,1-3H3. The zero-order valence-corrected chi connectivity index (χ0v) is 17.8. The van der Waals surface area contributed by atoms with Gasteiger partial charge < -0.3 is 0 Å². The Balaban J connectivity index is 2.36. The maximum atomic E-state index is 2.32. The summed E-state index contributed by atoms with van der Waals surface area (Å²) in [5.74, 6) is 0. The molecule has 2 aromatic rings. The van der Waals surface area contributed by atoms with Gasteiger partial charge in [-0.15, -0.1) is 0 Å². The van der Waals surface area contributed by atoms with Crippen LogP contribution in [0.4, 0.5) is 0 Å². The van der Waals surface area contributed by atoms with Crippen molar-refractivity contribution in [2.45, 2.75) is 85.0 Å². The fourth-order valence-electron chi connectivity index (χ4n) is 3.81. The molecule has 0 aliphatic carbocycles. The smallest absolute Gasteiger partial charge is 0.0119 e. The number of hydrogen-bond donors (Lipinski definition) is 0. The summed E-state index contributed by atoms with van der Waals surface area (Å²) in [6, 6.07) is 20.2. The average Bonchev–Trinajstić information content (AvgIpc) is 2.70. The van der Waals surface area contributed by atoms with Crippen molar-refractivity contribution in [2.24, 2.45) is 0 Å². The first-order valence-electron chi connectivity index (χ1n) is 11.1. The molecule has 2 rings (SSSR count). The Morgan fingerprint density at radius 2 is 1.11 bits per heavy atom. The Morgan fingerprint density at radius 3 is 1.63 bits per heavy atom. The van der Waals surface area contributed by atoms with E-state index in [2.05, 4.69) is 75.4 Å². The zero-order chi connectivity index (χ0) is 19.3. The lowest BCUT2D eigenvalue weighted by Gasteiger charge is -2.17. The van der Waals surface area contributed by atoms with E-state index in [1.807, 2.05) is 0 Å². The minimum atomic E-state index is 1.24. The van der Waals surface area contributed by atoms with Gasteiger partial charge >= 0.3 is 0 Å². The molecular weight excluding hydrogens is 324 g/mol. The molecule has 0 aromatic heterocycles.